The largest absolute Gasteiger partial charge is 0.479 e. The van der Waals surface area contributed by atoms with Gasteiger partial charge >= 0.3 is 0 Å². The van der Waals surface area contributed by atoms with E-state index in [1.165, 1.54) is 7.11 Å². The summed E-state index contributed by atoms with van der Waals surface area (Å²) in [6, 6.07) is 19.5. The minimum atomic E-state index is -0.752. The number of aliphatic hydroxyl groups is 1. The van der Waals surface area contributed by atoms with E-state index in [2.05, 4.69) is 15.3 Å². The minimum Gasteiger partial charge on any atom is -0.479 e. The molecule has 1 fully saturated rings. The SMILES string of the molecule is CO[13c]1n[13c](N)n[13c](N[C@H]2C[C@H](OCc3ccccc3)[C@@H](COCc3ccccc3)[C@@H]2O)[13c]1N. The number of anilines is 3. The number of aromatic nitrogens is 2. The molecule has 0 bridgehead atoms. The summed E-state index contributed by atoms with van der Waals surface area (Å²) in [5.74, 6) is 0.288. The van der Waals surface area contributed by atoms with Gasteiger partial charge in [-0.2, -0.15) is 9.97 Å². The van der Waals surface area contributed by atoms with Crippen LogP contribution >= 0.6 is 0 Å². The molecule has 4 atom stereocenters. The molecular formula is C25H31N5O4. The second kappa shape index (κ2) is 11.1. The lowest BCUT2D eigenvalue weighted by atomic mass is 10.0. The first-order valence-corrected chi connectivity index (χ1v) is 11.2. The third kappa shape index (κ3) is 5.74. The van der Waals surface area contributed by atoms with Gasteiger partial charge in [0.2, 0.25) is 11.8 Å². The Balaban J connectivity index is 1.46. The van der Waals surface area contributed by atoms with Crippen molar-refractivity contribution in [1.82, 2.24) is 9.97 Å². The van der Waals surface area contributed by atoms with E-state index in [1.807, 2.05) is 60.7 Å². The van der Waals surface area contributed by atoms with Crippen LogP contribution in [0.3, 0.4) is 0 Å². The van der Waals surface area contributed by atoms with Crippen LogP contribution in [0.5, 0.6) is 5.88 Å². The van der Waals surface area contributed by atoms with Crippen LogP contribution in [-0.4, -0.2) is 47.0 Å². The summed E-state index contributed by atoms with van der Waals surface area (Å²) >= 11 is 0. The quantitative estimate of drug-likeness (QED) is 0.353. The Morgan fingerprint density at radius 3 is 2.26 bits per heavy atom. The average molecular weight is 470 g/mol. The molecule has 9 nitrogen and oxygen atoms in total. The molecule has 1 heterocycles. The lowest BCUT2D eigenvalue weighted by Gasteiger charge is -2.23. The zero-order chi connectivity index (χ0) is 23.9. The number of rotatable bonds is 10. The first-order chi connectivity index (χ1) is 16.5. The molecule has 4 rings (SSSR count). The van der Waals surface area contributed by atoms with Gasteiger partial charge in [-0.15, -0.1) is 0 Å². The van der Waals surface area contributed by atoms with E-state index in [-0.39, 0.29) is 35.6 Å². The molecule has 34 heavy (non-hydrogen) atoms. The summed E-state index contributed by atoms with van der Waals surface area (Å²) in [4.78, 5) is 8.17. The van der Waals surface area contributed by atoms with E-state index in [0.29, 0.717) is 32.1 Å². The maximum absolute atomic E-state index is 11.2. The number of nitrogens with one attached hydrogen (secondary N) is 1. The van der Waals surface area contributed by atoms with E-state index in [4.69, 9.17) is 25.7 Å². The van der Waals surface area contributed by atoms with Crippen LogP contribution < -0.4 is 21.5 Å². The van der Waals surface area contributed by atoms with E-state index in [1.54, 1.807) is 0 Å². The average Bonchev–Trinajstić information content (AvgIpc) is 3.15. The summed E-state index contributed by atoms with van der Waals surface area (Å²) < 4.78 is 17.4. The first kappa shape index (κ1) is 23.7. The predicted octanol–water partition coefficient (Wildman–Crippen LogP) is 2.61. The fraction of sp³-hybridized carbons (Fsp3) is 0.360. The minimum absolute atomic E-state index is 0.0284. The smallest absolute Gasteiger partial charge is 0.244 e. The molecule has 1 saturated carbocycles. The molecule has 0 aliphatic heterocycles. The van der Waals surface area contributed by atoms with Crippen molar-refractivity contribution >= 4 is 17.5 Å². The highest BCUT2D eigenvalue weighted by atomic mass is 16.6. The number of aliphatic hydroxyl groups excluding tert-OH is 1. The molecule has 1 aromatic heterocycles. The van der Waals surface area contributed by atoms with Gasteiger partial charge in [0.1, 0.15) is 5.69 Å². The molecule has 0 radical (unpaired) electrons. The van der Waals surface area contributed by atoms with Crippen LogP contribution in [0.2, 0.25) is 0 Å². The Kier molecular flexibility index (Phi) is 7.79. The van der Waals surface area contributed by atoms with Gasteiger partial charge in [-0.3, -0.25) is 0 Å². The third-order valence-electron chi connectivity index (χ3n) is 5.99. The van der Waals surface area contributed by atoms with Gasteiger partial charge in [-0.05, 0) is 17.5 Å². The summed E-state index contributed by atoms with van der Waals surface area (Å²) in [6.45, 7) is 1.25. The molecular weight excluding hydrogens is 438 g/mol. The Morgan fingerprint density at radius 2 is 1.62 bits per heavy atom. The van der Waals surface area contributed by atoms with Gasteiger partial charge < -0.3 is 36.1 Å². The van der Waals surface area contributed by atoms with Crippen LogP contribution in [0.4, 0.5) is 17.5 Å². The fourth-order valence-electron chi connectivity index (χ4n) is 4.20. The maximum atomic E-state index is 11.2. The summed E-state index contributed by atoms with van der Waals surface area (Å²) in [5, 5.41) is 14.4. The van der Waals surface area contributed by atoms with Crippen molar-refractivity contribution in [2.45, 2.75) is 37.9 Å². The van der Waals surface area contributed by atoms with E-state index >= 15 is 0 Å². The number of hydrogen-bond donors (Lipinski definition) is 4. The van der Waals surface area contributed by atoms with Gasteiger partial charge in [0.15, 0.2) is 5.82 Å². The Morgan fingerprint density at radius 1 is 0.971 bits per heavy atom. The van der Waals surface area contributed by atoms with Crippen LogP contribution in [0, 0.1) is 5.92 Å². The van der Waals surface area contributed by atoms with Crippen molar-refractivity contribution in [2.75, 3.05) is 30.5 Å². The Bertz CT molecular complexity index is 1050. The summed E-state index contributed by atoms with van der Waals surface area (Å²) in [7, 11) is 1.46. The lowest BCUT2D eigenvalue weighted by Crippen LogP contribution is -2.35. The fourth-order valence-corrected chi connectivity index (χ4v) is 4.20. The molecule has 3 aromatic rings. The van der Waals surface area contributed by atoms with Crippen molar-refractivity contribution < 1.29 is 19.3 Å². The molecule has 0 saturated heterocycles. The molecule has 2 aromatic carbocycles. The van der Waals surface area contributed by atoms with Crippen LogP contribution in [-0.2, 0) is 22.7 Å². The van der Waals surface area contributed by atoms with Crippen LogP contribution in [0.1, 0.15) is 17.5 Å². The van der Waals surface area contributed by atoms with Crippen molar-refractivity contribution in [2.24, 2.45) is 5.92 Å². The van der Waals surface area contributed by atoms with Gasteiger partial charge in [0.25, 0.3) is 0 Å². The van der Waals surface area contributed by atoms with Crippen molar-refractivity contribution in [1.29, 1.82) is 0 Å². The number of methoxy groups -OCH3 is 1. The zero-order valence-corrected chi connectivity index (χ0v) is 19.1. The van der Waals surface area contributed by atoms with Crippen LogP contribution in [0.15, 0.2) is 60.7 Å². The topological polar surface area (TPSA) is 138 Å². The number of benzene rings is 2. The maximum Gasteiger partial charge on any atom is 0.244 e. The van der Waals surface area contributed by atoms with Crippen molar-refractivity contribution in [3.8, 4) is 5.88 Å². The van der Waals surface area contributed by atoms with Gasteiger partial charge in [-0.25, -0.2) is 0 Å². The second-order valence-corrected chi connectivity index (χ2v) is 8.33. The highest BCUT2D eigenvalue weighted by Crippen LogP contribution is 2.35. The molecule has 1 aliphatic carbocycles. The summed E-state index contributed by atoms with van der Waals surface area (Å²) in [6.07, 6.45) is -0.442. The molecule has 0 unspecified atom stereocenters. The number of ether oxygens (including phenoxy) is 3. The Hall–Kier alpha value is -3.40. The molecule has 0 spiro atoms. The van der Waals surface area contributed by atoms with Crippen LogP contribution in [0.25, 0.3) is 0 Å². The number of nitrogens with zero attached hydrogens (tertiary/aromatic N) is 2. The van der Waals surface area contributed by atoms with Gasteiger partial charge in [0, 0.05) is 5.92 Å². The number of nitrogens with two attached hydrogens (primary N) is 2. The van der Waals surface area contributed by atoms with E-state index < -0.39 is 6.10 Å². The summed E-state index contributed by atoms with van der Waals surface area (Å²) in [5.41, 5.74) is 14.3. The molecule has 180 valence electrons. The monoisotopic (exact) mass is 469 g/mol. The van der Waals surface area contributed by atoms with Gasteiger partial charge in [0.05, 0.1) is 45.2 Å². The van der Waals surface area contributed by atoms with E-state index in [9.17, 15) is 5.11 Å². The molecule has 6 N–H and O–H groups in total. The molecule has 1 aliphatic rings. The van der Waals surface area contributed by atoms with E-state index in [0.717, 1.165) is 11.1 Å². The normalized spacial score (nSPS) is 21.9. The van der Waals surface area contributed by atoms with Crippen molar-refractivity contribution in [3.63, 3.8) is 0 Å². The predicted molar refractivity (Wildman–Crippen MR) is 130 cm³/mol. The standard InChI is InChI=1S/C25H31N5O4/c1-32-24-21(26)23(29-25(27)30-24)28-19-12-20(34-14-17-10-6-3-7-11-17)18(22(19)31)15-33-13-16-8-4-2-5-9-16/h2-11,18-20,22,31H,12-15,26H2,1H3,(H3,27,28,29,30)/t18-,19+,20+,22+/m1/s1/i21+1,23+1,24+1,25+1. The highest BCUT2D eigenvalue weighted by Gasteiger charge is 2.43. The zero-order valence-electron chi connectivity index (χ0n) is 19.1. The molecule has 9 heteroatoms. The number of hydrogen-bond acceptors (Lipinski definition) is 9. The third-order valence-corrected chi connectivity index (χ3v) is 5.99. The van der Waals surface area contributed by atoms with Crippen molar-refractivity contribution in [3.05, 3.63) is 71.8 Å². The Labute approximate surface area is 199 Å². The lowest BCUT2D eigenvalue weighted by molar-refractivity contribution is -0.0463. The molecule has 0 amide bonds. The second-order valence-electron chi connectivity index (χ2n) is 8.33. The highest BCUT2D eigenvalue weighted by molar-refractivity contribution is 5.68. The van der Waals surface area contributed by atoms with Gasteiger partial charge in [-0.1, -0.05) is 60.7 Å². The number of nitrogen functional groups attached to an aromatic ring is 2. The first-order valence-electron chi connectivity index (χ1n) is 11.2.